The van der Waals surface area contributed by atoms with E-state index in [0.29, 0.717) is 0 Å². The van der Waals surface area contributed by atoms with Crippen molar-refractivity contribution in [1.82, 2.24) is 25.4 Å². The molecule has 0 aliphatic carbocycles. The molecule has 0 spiro atoms. The fourth-order valence-electron chi connectivity index (χ4n) is 4.11. The van der Waals surface area contributed by atoms with E-state index in [-0.39, 0.29) is 5.82 Å². The van der Waals surface area contributed by atoms with E-state index >= 15 is 0 Å². The highest BCUT2D eigenvalue weighted by atomic mass is 19.1. The molecule has 1 aromatic heterocycles. The van der Waals surface area contributed by atoms with Gasteiger partial charge in [0.25, 0.3) is 0 Å². The second-order valence-electron chi connectivity index (χ2n) is 8.50. The third-order valence-corrected chi connectivity index (χ3v) is 6.12. The number of benzene rings is 2. The Bertz CT molecular complexity index is 1030. The Labute approximate surface area is 189 Å². The number of hydrogen-bond donors (Lipinski definition) is 3. The van der Waals surface area contributed by atoms with E-state index in [9.17, 15) is 4.39 Å². The second kappa shape index (κ2) is 10.6. The van der Waals surface area contributed by atoms with Gasteiger partial charge in [-0.1, -0.05) is 24.3 Å². The van der Waals surface area contributed by atoms with E-state index < -0.39 is 0 Å². The van der Waals surface area contributed by atoms with E-state index in [0.717, 1.165) is 69.1 Å². The van der Waals surface area contributed by atoms with Gasteiger partial charge in [-0.3, -0.25) is 9.89 Å². The molecule has 170 valence electrons. The Hall–Kier alpha value is -2.90. The molecule has 3 N–H and O–H groups in total. The molecule has 32 heavy (non-hydrogen) atoms. The van der Waals surface area contributed by atoms with Crippen LogP contribution in [0.2, 0.25) is 0 Å². The molecule has 4 rings (SSSR count). The Kier molecular flexibility index (Phi) is 7.39. The Morgan fingerprint density at radius 2 is 1.78 bits per heavy atom. The number of likely N-dealkylation sites (N-methyl/N-ethyl adjacent to an activating group) is 1. The van der Waals surface area contributed by atoms with Crippen molar-refractivity contribution in [2.45, 2.75) is 19.5 Å². The normalized spacial score (nSPS) is 15.9. The summed E-state index contributed by atoms with van der Waals surface area (Å²) in [4.78, 5) is 12.4. The van der Waals surface area contributed by atoms with Gasteiger partial charge >= 0.3 is 0 Å². The summed E-state index contributed by atoms with van der Waals surface area (Å²) in [5, 5.41) is 7.81. The molecule has 2 heterocycles. The molecule has 0 amide bonds. The lowest BCUT2D eigenvalue weighted by Crippen LogP contribution is -2.43. The lowest BCUT2D eigenvalue weighted by atomic mass is 10.1. The summed E-state index contributed by atoms with van der Waals surface area (Å²) in [6.45, 7) is 7.05. The van der Waals surface area contributed by atoms with Crippen LogP contribution in [-0.2, 0) is 19.5 Å². The lowest BCUT2D eigenvalue weighted by Gasteiger charge is -2.32. The minimum atomic E-state index is -0.221. The zero-order chi connectivity index (χ0) is 22.3. The SMILES string of the molecule is CN=C(NCCc1c[nH]c2cc(F)ccc12)NCc1ccc(CN2CCN(C)CC2)cc1. The fraction of sp³-hybridized carbons (Fsp3) is 0.400. The van der Waals surface area contributed by atoms with Crippen LogP contribution in [0.4, 0.5) is 4.39 Å². The van der Waals surface area contributed by atoms with Crippen LogP contribution in [-0.4, -0.2) is 67.6 Å². The predicted molar refractivity (Wildman–Crippen MR) is 129 cm³/mol. The quantitative estimate of drug-likeness (QED) is 0.394. The van der Waals surface area contributed by atoms with Gasteiger partial charge in [0.05, 0.1) is 0 Å². The largest absolute Gasteiger partial charge is 0.361 e. The average molecular weight is 437 g/mol. The summed E-state index contributed by atoms with van der Waals surface area (Å²) in [5.41, 5.74) is 4.59. The topological polar surface area (TPSA) is 58.7 Å². The van der Waals surface area contributed by atoms with E-state index in [1.807, 2.05) is 12.3 Å². The van der Waals surface area contributed by atoms with Crippen molar-refractivity contribution < 1.29 is 4.39 Å². The molecular weight excluding hydrogens is 403 g/mol. The van der Waals surface area contributed by atoms with E-state index in [1.54, 1.807) is 7.05 Å². The van der Waals surface area contributed by atoms with Crippen molar-refractivity contribution >= 4 is 16.9 Å². The molecular formula is C25H33FN6. The molecule has 0 atom stereocenters. The Morgan fingerprint density at radius 3 is 2.53 bits per heavy atom. The van der Waals surface area contributed by atoms with Gasteiger partial charge in [0.15, 0.2) is 5.96 Å². The smallest absolute Gasteiger partial charge is 0.191 e. The molecule has 1 aliphatic heterocycles. The van der Waals surface area contributed by atoms with Crippen LogP contribution in [0.3, 0.4) is 0 Å². The molecule has 1 fully saturated rings. The first-order valence-corrected chi connectivity index (χ1v) is 11.3. The highest BCUT2D eigenvalue weighted by molar-refractivity contribution is 5.83. The minimum absolute atomic E-state index is 0.221. The molecule has 2 aromatic carbocycles. The zero-order valence-electron chi connectivity index (χ0n) is 19.0. The van der Waals surface area contributed by atoms with Gasteiger partial charge in [0, 0.05) is 70.0 Å². The number of rotatable bonds is 7. The van der Waals surface area contributed by atoms with Gasteiger partial charge < -0.3 is 20.5 Å². The maximum Gasteiger partial charge on any atom is 0.191 e. The van der Waals surface area contributed by atoms with Crippen LogP contribution in [0.1, 0.15) is 16.7 Å². The number of guanidine groups is 1. The average Bonchev–Trinajstić information content (AvgIpc) is 3.20. The fourth-order valence-corrected chi connectivity index (χ4v) is 4.11. The standard InChI is InChI=1S/C25H33FN6/c1-27-25(28-10-9-21-17-29-24-15-22(26)7-8-23(21)24)30-16-19-3-5-20(6-4-19)18-32-13-11-31(2)12-14-32/h3-8,15,17,29H,9-14,16,18H2,1-2H3,(H2,27,28,30). The summed E-state index contributed by atoms with van der Waals surface area (Å²) in [5.74, 6) is 0.554. The van der Waals surface area contributed by atoms with Crippen LogP contribution < -0.4 is 10.6 Å². The van der Waals surface area contributed by atoms with Gasteiger partial charge in [-0.25, -0.2) is 4.39 Å². The lowest BCUT2D eigenvalue weighted by molar-refractivity contribution is 0.148. The van der Waals surface area contributed by atoms with Crippen molar-refractivity contribution in [2.75, 3.05) is 46.8 Å². The highest BCUT2D eigenvalue weighted by Gasteiger charge is 2.13. The summed E-state index contributed by atoms with van der Waals surface area (Å²) in [6, 6.07) is 13.7. The minimum Gasteiger partial charge on any atom is -0.361 e. The van der Waals surface area contributed by atoms with Crippen molar-refractivity contribution in [2.24, 2.45) is 4.99 Å². The van der Waals surface area contributed by atoms with Crippen LogP contribution in [0, 0.1) is 5.82 Å². The number of piperazine rings is 1. The van der Waals surface area contributed by atoms with Crippen molar-refractivity contribution in [3.63, 3.8) is 0 Å². The number of halogens is 1. The molecule has 0 saturated carbocycles. The molecule has 6 nitrogen and oxygen atoms in total. The highest BCUT2D eigenvalue weighted by Crippen LogP contribution is 2.19. The van der Waals surface area contributed by atoms with E-state index in [1.165, 1.54) is 28.8 Å². The molecule has 3 aromatic rings. The number of fused-ring (bicyclic) bond motifs is 1. The first kappa shape index (κ1) is 22.3. The summed E-state index contributed by atoms with van der Waals surface area (Å²) in [6.07, 6.45) is 2.78. The van der Waals surface area contributed by atoms with Crippen molar-refractivity contribution in [3.05, 3.63) is 71.2 Å². The second-order valence-corrected chi connectivity index (χ2v) is 8.50. The number of nitrogens with one attached hydrogen (secondary N) is 3. The number of H-pyrrole nitrogens is 1. The number of aromatic nitrogens is 1. The first-order valence-electron chi connectivity index (χ1n) is 11.3. The van der Waals surface area contributed by atoms with Gasteiger partial charge in [0.2, 0.25) is 0 Å². The van der Waals surface area contributed by atoms with Crippen molar-refractivity contribution in [1.29, 1.82) is 0 Å². The summed E-state index contributed by atoms with van der Waals surface area (Å²) >= 11 is 0. The van der Waals surface area contributed by atoms with Gasteiger partial charge in [-0.05, 0) is 48.4 Å². The molecule has 1 aliphatic rings. The first-order chi connectivity index (χ1) is 15.6. The zero-order valence-corrected chi connectivity index (χ0v) is 19.0. The van der Waals surface area contributed by atoms with Crippen molar-refractivity contribution in [3.8, 4) is 0 Å². The molecule has 0 radical (unpaired) electrons. The predicted octanol–water partition coefficient (Wildman–Crippen LogP) is 2.96. The van der Waals surface area contributed by atoms with Crippen LogP contribution in [0.15, 0.2) is 53.7 Å². The van der Waals surface area contributed by atoms with E-state index in [2.05, 4.69) is 61.7 Å². The van der Waals surface area contributed by atoms with E-state index in [4.69, 9.17) is 0 Å². The monoisotopic (exact) mass is 436 g/mol. The number of hydrogen-bond acceptors (Lipinski definition) is 3. The number of aliphatic imine (C=N–C) groups is 1. The number of aromatic amines is 1. The van der Waals surface area contributed by atoms with Crippen LogP contribution in [0.5, 0.6) is 0 Å². The molecule has 1 saturated heterocycles. The maximum atomic E-state index is 13.4. The van der Waals surface area contributed by atoms with Crippen LogP contribution >= 0.6 is 0 Å². The summed E-state index contributed by atoms with van der Waals surface area (Å²) in [7, 11) is 3.97. The Morgan fingerprint density at radius 1 is 1.03 bits per heavy atom. The van der Waals surface area contributed by atoms with Crippen LogP contribution in [0.25, 0.3) is 10.9 Å². The molecule has 7 heteroatoms. The number of nitrogens with zero attached hydrogens (tertiary/aromatic N) is 3. The van der Waals surface area contributed by atoms with Gasteiger partial charge in [0.1, 0.15) is 5.82 Å². The maximum absolute atomic E-state index is 13.4. The molecule has 0 unspecified atom stereocenters. The third-order valence-electron chi connectivity index (χ3n) is 6.12. The summed E-state index contributed by atoms with van der Waals surface area (Å²) < 4.78 is 13.4. The third kappa shape index (κ3) is 5.87. The van der Waals surface area contributed by atoms with Gasteiger partial charge in [-0.2, -0.15) is 0 Å². The molecule has 0 bridgehead atoms. The Balaban J connectivity index is 1.22. The van der Waals surface area contributed by atoms with Gasteiger partial charge in [-0.15, -0.1) is 0 Å².